The van der Waals surface area contributed by atoms with Gasteiger partial charge in [0.2, 0.25) is 5.75 Å². The fourth-order valence-corrected chi connectivity index (χ4v) is 1.60. The van der Waals surface area contributed by atoms with Crippen LogP contribution in [0.15, 0.2) is 42.5 Å². The molecule has 18 heavy (non-hydrogen) atoms. The van der Waals surface area contributed by atoms with Crippen molar-refractivity contribution in [1.82, 2.24) is 0 Å². The lowest BCUT2D eigenvalue weighted by atomic mass is 10.3. The second kappa shape index (κ2) is 5.31. The Morgan fingerprint density at radius 3 is 2.11 bits per heavy atom. The molecule has 0 saturated heterocycles. The molecule has 0 atom stereocenters. The van der Waals surface area contributed by atoms with Crippen LogP contribution < -0.4 is 19.9 Å². The molecule has 0 heterocycles. The molecule has 0 unspecified atom stereocenters. The van der Waals surface area contributed by atoms with Gasteiger partial charge in [0.15, 0.2) is 11.5 Å². The Bertz CT molecular complexity index is 523. The second-order valence-electron chi connectivity index (χ2n) is 3.66. The normalized spacial score (nSPS) is 9.89. The molecule has 2 aromatic carbocycles. The van der Waals surface area contributed by atoms with Gasteiger partial charge >= 0.3 is 0 Å². The Balaban J connectivity index is 2.31. The van der Waals surface area contributed by atoms with Gasteiger partial charge in [-0.2, -0.15) is 0 Å². The Hall–Kier alpha value is -2.36. The summed E-state index contributed by atoms with van der Waals surface area (Å²) in [6.45, 7) is 0. The molecule has 0 aliphatic heterocycles. The van der Waals surface area contributed by atoms with Crippen LogP contribution in [-0.2, 0) is 0 Å². The minimum absolute atomic E-state index is 0.567. The predicted molar refractivity (Wildman–Crippen MR) is 70.5 cm³/mol. The quantitative estimate of drug-likeness (QED) is 0.841. The van der Waals surface area contributed by atoms with E-state index in [1.807, 2.05) is 18.2 Å². The Labute approximate surface area is 106 Å². The highest BCUT2D eigenvalue weighted by atomic mass is 16.5. The molecule has 0 saturated carbocycles. The molecule has 0 aromatic heterocycles. The van der Waals surface area contributed by atoms with Gasteiger partial charge in [-0.1, -0.05) is 6.07 Å². The Morgan fingerprint density at radius 2 is 1.50 bits per heavy atom. The number of rotatable bonds is 4. The average Bonchev–Trinajstić information content (AvgIpc) is 2.41. The molecule has 2 aromatic rings. The van der Waals surface area contributed by atoms with Gasteiger partial charge in [-0.05, 0) is 36.4 Å². The average molecular weight is 245 g/mol. The maximum Gasteiger partial charge on any atom is 0.203 e. The van der Waals surface area contributed by atoms with Crippen LogP contribution in [0.1, 0.15) is 0 Å². The largest absolute Gasteiger partial charge is 0.493 e. The molecule has 0 aliphatic rings. The molecule has 94 valence electrons. The SMILES string of the molecule is COc1cccc(Oc2ccc(N)cc2)c1OC. The van der Waals surface area contributed by atoms with Crippen LogP contribution in [0.2, 0.25) is 0 Å². The highest BCUT2D eigenvalue weighted by Gasteiger charge is 2.11. The number of anilines is 1. The topological polar surface area (TPSA) is 53.7 Å². The van der Waals surface area contributed by atoms with Crippen molar-refractivity contribution >= 4 is 5.69 Å². The number of hydrogen-bond acceptors (Lipinski definition) is 4. The molecular weight excluding hydrogens is 230 g/mol. The molecule has 0 spiro atoms. The third kappa shape index (κ3) is 2.48. The summed E-state index contributed by atoms with van der Waals surface area (Å²) in [4.78, 5) is 0. The van der Waals surface area contributed by atoms with E-state index >= 15 is 0 Å². The zero-order valence-corrected chi connectivity index (χ0v) is 10.3. The van der Waals surface area contributed by atoms with Crippen molar-refractivity contribution in [2.24, 2.45) is 0 Å². The van der Waals surface area contributed by atoms with Gasteiger partial charge in [0.05, 0.1) is 14.2 Å². The molecule has 0 bridgehead atoms. The van der Waals surface area contributed by atoms with Crippen LogP contribution in [0.3, 0.4) is 0 Å². The Kier molecular flexibility index (Phi) is 3.57. The van der Waals surface area contributed by atoms with Gasteiger partial charge in [-0.3, -0.25) is 0 Å². The van der Waals surface area contributed by atoms with Crippen molar-refractivity contribution in [3.05, 3.63) is 42.5 Å². The van der Waals surface area contributed by atoms with Gasteiger partial charge in [-0.25, -0.2) is 0 Å². The van der Waals surface area contributed by atoms with Crippen LogP contribution in [0.5, 0.6) is 23.0 Å². The van der Waals surface area contributed by atoms with Gasteiger partial charge in [0.1, 0.15) is 5.75 Å². The number of nitrogens with two attached hydrogens (primary N) is 1. The van der Waals surface area contributed by atoms with Gasteiger partial charge in [-0.15, -0.1) is 0 Å². The van der Waals surface area contributed by atoms with E-state index in [2.05, 4.69) is 0 Å². The second-order valence-corrected chi connectivity index (χ2v) is 3.66. The van der Waals surface area contributed by atoms with Crippen LogP contribution in [0.4, 0.5) is 5.69 Å². The van der Waals surface area contributed by atoms with Crippen molar-refractivity contribution in [2.45, 2.75) is 0 Å². The van der Waals surface area contributed by atoms with Crippen molar-refractivity contribution in [2.75, 3.05) is 20.0 Å². The predicted octanol–water partition coefficient (Wildman–Crippen LogP) is 3.08. The zero-order valence-electron chi connectivity index (χ0n) is 10.3. The molecule has 2 N–H and O–H groups in total. The standard InChI is InChI=1S/C14H15NO3/c1-16-12-4-3-5-13(14(12)17-2)18-11-8-6-10(15)7-9-11/h3-9H,15H2,1-2H3. The first kappa shape index (κ1) is 12.1. The zero-order chi connectivity index (χ0) is 13.0. The maximum atomic E-state index is 5.74. The van der Waals surface area contributed by atoms with Crippen LogP contribution in [-0.4, -0.2) is 14.2 Å². The van der Waals surface area contributed by atoms with Gasteiger partial charge in [0, 0.05) is 5.69 Å². The van der Waals surface area contributed by atoms with E-state index in [9.17, 15) is 0 Å². The van der Waals surface area contributed by atoms with Crippen LogP contribution in [0, 0.1) is 0 Å². The summed E-state index contributed by atoms with van der Waals surface area (Å²) in [5.74, 6) is 2.49. The molecule has 4 nitrogen and oxygen atoms in total. The van der Waals surface area contributed by atoms with E-state index in [0.717, 1.165) is 0 Å². The number of ether oxygens (including phenoxy) is 3. The van der Waals surface area contributed by atoms with Crippen LogP contribution >= 0.6 is 0 Å². The van der Waals surface area contributed by atoms with E-state index in [1.165, 1.54) is 0 Å². The van der Waals surface area contributed by atoms with E-state index in [-0.39, 0.29) is 0 Å². The molecule has 4 heteroatoms. The molecule has 0 amide bonds. The third-order valence-electron chi connectivity index (χ3n) is 2.47. The molecule has 0 radical (unpaired) electrons. The van der Waals surface area contributed by atoms with Gasteiger partial charge in [0.25, 0.3) is 0 Å². The monoisotopic (exact) mass is 245 g/mol. The lowest BCUT2D eigenvalue weighted by Gasteiger charge is -2.13. The summed E-state index contributed by atoms with van der Waals surface area (Å²) in [6.07, 6.45) is 0. The maximum absolute atomic E-state index is 5.74. The van der Waals surface area contributed by atoms with E-state index in [0.29, 0.717) is 28.7 Å². The lowest BCUT2D eigenvalue weighted by Crippen LogP contribution is -1.94. The number of para-hydroxylation sites is 1. The molecule has 0 fully saturated rings. The summed E-state index contributed by atoms with van der Waals surface area (Å²) in [7, 11) is 3.17. The van der Waals surface area contributed by atoms with E-state index < -0.39 is 0 Å². The number of methoxy groups -OCH3 is 2. The fourth-order valence-electron chi connectivity index (χ4n) is 1.60. The molecule has 0 aliphatic carbocycles. The fraction of sp³-hybridized carbons (Fsp3) is 0.143. The lowest BCUT2D eigenvalue weighted by molar-refractivity contribution is 0.336. The summed E-state index contributed by atoms with van der Waals surface area (Å²) in [5.41, 5.74) is 6.32. The molecule has 2 rings (SSSR count). The van der Waals surface area contributed by atoms with Gasteiger partial charge < -0.3 is 19.9 Å². The van der Waals surface area contributed by atoms with Crippen LogP contribution in [0.25, 0.3) is 0 Å². The third-order valence-corrected chi connectivity index (χ3v) is 2.47. The summed E-state index contributed by atoms with van der Waals surface area (Å²) in [6, 6.07) is 12.6. The minimum atomic E-state index is 0.567. The molecular formula is C14H15NO3. The van der Waals surface area contributed by atoms with Crippen molar-refractivity contribution in [1.29, 1.82) is 0 Å². The van der Waals surface area contributed by atoms with E-state index in [4.69, 9.17) is 19.9 Å². The minimum Gasteiger partial charge on any atom is -0.493 e. The smallest absolute Gasteiger partial charge is 0.203 e. The van der Waals surface area contributed by atoms with E-state index in [1.54, 1.807) is 38.5 Å². The first-order chi connectivity index (χ1) is 8.74. The number of hydrogen-bond donors (Lipinski definition) is 1. The highest BCUT2D eigenvalue weighted by molar-refractivity contribution is 5.53. The summed E-state index contributed by atoms with van der Waals surface area (Å²) >= 11 is 0. The van der Waals surface area contributed by atoms with Crippen molar-refractivity contribution < 1.29 is 14.2 Å². The Morgan fingerprint density at radius 1 is 0.833 bits per heavy atom. The summed E-state index contributed by atoms with van der Waals surface area (Å²) < 4.78 is 16.2. The van der Waals surface area contributed by atoms with Crippen molar-refractivity contribution in [3.8, 4) is 23.0 Å². The summed E-state index contributed by atoms with van der Waals surface area (Å²) in [5, 5.41) is 0. The first-order valence-electron chi connectivity index (χ1n) is 5.49. The highest BCUT2D eigenvalue weighted by Crippen LogP contribution is 2.39. The van der Waals surface area contributed by atoms with Crippen molar-refractivity contribution in [3.63, 3.8) is 0 Å². The first-order valence-corrected chi connectivity index (χ1v) is 5.49. The number of nitrogen functional groups attached to an aromatic ring is 1. The number of benzene rings is 2.